The highest BCUT2D eigenvalue weighted by Crippen LogP contribution is 2.20. The predicted octanol–water partition coefficient (Wildman–Crippen LogP) is 3.19. The standard InChI is InChI=1S/C12H11FN2.2ClH/c13-11-5-3-9(4-6-11)12-10(8-14)2-1-7-15-12;;/h1-7H,8,14H2;2*1H. The van der Waals surface area contributed by atoms with Crippen LogP contribution in [0.1, 0.15) is 5.56 Å². The molecule has 0 fully saturated rings. The molecule has 5 heteroatoms. The molecule has 1 aromatic carbocycles. The largest absolute Gasteiger partial charge is 0.326 e. The topological polar surface area (TPSA) is 38.9 Å². The first-order chi connectivity index (χ1) is 7.31. The maximum Gasteiger partial charge on any atom is 0.123 e. The number of aromatic nitrogens is 1. The van der Waals surface area contributed by atoms with Gasteiger partial charge in [0, 0.05) is 18.3 Å². The van der Waals surface area contributed by atoms with Gasteiger partial charge in [0.15, 0.2) is 0 Å². The third-order valence-electron chi connectivity index (χ3n) is 2.23. The minimum Gasteiger partial charge on any atom is -0.326 e. The Morgan fingerprint density at radius 3 is 2.29 bits per heavy atom. The van der Waals surface area contributed by atoms with Gasteiger partial charge in [-0.1, -0.05) is 6.07 Å². The molecule has 2 rings (SSSR count). The highest BCUT2D eigenvalue weighted by molar-refractivity contribution is 5.85. The summed E-state index contributed by atoms with van der Waals surface area (Å²) in [5.74, 6) is -0.246. The third-order valence-corrected chi connectivity index (χ3v) is 2.23. The molecule has 0 aliphatic carbocycles. The van der Waals surface area contributed by atoms with Crippen LogP contribution in [0, 0.1) is 5.82 Å². The normalized spacial score (nSPS) is 9.06. The molecule has 2 nitrogen and oxygen atoms in total. The molecule has 1 heterocycles. The Balaban J connectivity index is 0.00000128. The maximum absolute atomic E-state index is 12.7. The van der Waals surface area contributed by atoms with Crippen LogP contribution in [0.15, 0.2) is 42.6 Å². The first kappa shape index (κ1) is 15.8. The van der Waals surface area contributed by atoms with Crippen LogP contribution in [-0.2, 0) is 6.54 Å². The van der Waals surface area contributed by atoms with Crippen LogP contribution in [0.2, 0.25) is 0 Å². The monoisotopic (exact) mass is 274 g/mol. The van der Waals surface area contributed by atoms with Gasteiger partial charge in [0.25, 0.3) is 0 Å². The number of rotatable bonds is 2. The van der Waals surface area contributed by atoms with Gasteiger partial charge >= 0.3 is 0 Å². The van der Waals surface area contributed by atoms with E-state index in [1.165, 1.54) is 12.1 Å². The fraction of sp³-hybridized carbons (Fsp3) is 0.0833. The van der Waals surface area contributed by atoms with E-state index in [0.29, 0.717) is 6.54 Å². The van der Waals surface area contributed by atoms with Crippen LogP contribution < -0.4 is 5.73 Å². The average molecular weight is 275 g/mol. The lowest BCUT2D eigenvalue weighted by molar-refractivity contribution is 0.628. The van der Waals surface area contributed by atoms with Crippen molar-refractivity contribution < 1.29 is 4.39 Å². The van der Waals surface area contributed by atoms with Crippen LogP contribution in [-0.4, -0.2) is 4.98 Å². The lowest BCUT2D eigenvalue weighted by Crippen LogP contribution is -2.00. The van der Waals surface area contributed by atoms with Crippen molar-refractivity contribution in [3.05, 3.63) is 54.0 Å². The Kier molecular flexibility index (Phi) is 6.73. The van der Waals surface area contributed by atoms with Crippen molar-refractivity contribution in [3.8, 4) is 11.3 Å². The van der Waals surface area contributed by atoms with E-state index < -0.39 is 0 Å². The van der Waals surface area contributed by atoms with Gasteiger partial charge < -0.3 is 5.73 Å². The average Bonchev–Trinajstić information content (AvgIpc) is 2.30. The molecular weight excluding hydrogens is 262 g/mol. The van der Waals surface area contributed by atoms with Gasteiger partial charge in [-0.05, 0) is 35.9 Å². The molecule has 17 heavy (non-hydrogen) atoms. The van der Waals surface area contributed by atoms with Crippen LogP contribution in [0.5, 0.6) is 0 Å². The zero-order chi connectivity index (χ0) is 10.7. The molecule has 0 atom stereocenters. The second-order valence-corrected chi connectivity index (χ2v) is 3.22. The summed E-state index contributed by atoms with van der Waals surface area (Å²) in [7, 11) is 0. The smallest absolute Gasteiger partial charge is 0.123 e. The quantitative estimate of drug-likeness (QED) is 0.914. The third kappa shape index (κ3) is 3.66. The summed E-state index contributed by atoms with van der Waals surface area (Å²) < 4.78 is 12.7. The van der Waals surface area contributed by atoms with Crippen LogP contribution in [0.25, 0.3) is 11.3 Å². The second kappa shape index (κ2) is 7.22. The van der Waals surface area contributed by atoms with Crippen molar-refractivity contribution in [1.82, 2.24) is 4.98 Å². The van der Waals surface area contributed by atoms with Crippen molar-refractivity contribution in [2.45, 2.75) is 6.54 Å². The van der Waals surface area contributed by atoms with Crippen LogP contribution in [0.4, 0.5) is 4.39 Å². The molecule has 0 saturated heterocycles. The molecular formula is C12H13Cl2FN2. The fourth-order valence-corrected chi connectivity index (χ4v) is 1.47. The zero-order valence-electron chi connectivity index (χ0n) is 8.97. The first-order valence-electron chi connectivity index (χ1n) is 4.71. The highest BCUT2D eigenvalue weighted by atomic mass is 35.5. The molecule has 92 valence electrons. The van der Waals surface area contributed by atoms with E-state index in [9.17, 15) is 4.39 Å². The molecule has 2 N–H and O–H groups in total. The van der Waals surface area contributed by atoms with E-state index in [1.54, 1.807) is 18.3 Å². The van der Waals surface area contributed by atoms with Gasteiger partial charge in [0.1, 0.15) is 5.82 Å². The van der Waals surface area contributed by atoms with Crippen LogP contribution >= 0.6 is 24.8 Å². The number of pyridine rings is 1. The number of benzene rings is 1. The first-order valence-corrected chi connectivity index (χ1v) is 4.71. The Morgan fingerprint density at radius 1 is 1.06 bits per heavy atom. The van der Waals surface area contributed by atoms with Gasteiger partial charge in [-0.2, -0.15) is 0 Å². The minimum absolute atomic E-state index is 0. The van der Waals surface area contributed by atoms with Gasteiger partial charge in [0.05, 0.1) is 5.69 Å². The number of hydrogen-bond donors (Lipinski definition) is 1. The van der Waals surface area contributed by atoms with Gasteiger partial charge in [0.2, 0.25) is 0 Å². The van der Waals surface area contributed by atoms with Crippen molar-refractivity contribution >= 4 is 24.8 Å². The molecule has 1 aromatic heterocycles. The Hall–Kier alpha value is -1.16. The highest BCUT2D eigenvalue weighted by Gasteiger charge is 2.04. The maximum atomic E-state index is 12.7. The molecule has 0 aliphatic rings. The van der Waals surface area contributed by atoms with E-state index in [0.717, 1.165) is 16.8 Å². The molecule has 2 aromatic rings. The summed E-state index contributed by atoms with van der Waals surface area (Å²) in [5.41, 5.74) is 8.27. The second-order valence-electron chi connectivity index (χ2n) is 3.22. The lowest BCUT2D eigenvalue weighted by Gasteiger charge is -2.05. The van der Waals surface area contributed by atoms with E-state index in [4.69, 9.17) is 5.73 Å². The molecule has 0 amide bonds. The Labute approximate surface area is 112 Å². The Morgan fingerprint density at radius 2 is 1.71 bits per heavy atom. The summed E-state index contributed by atoms with van der Waals surface area (Å²) in [4.78, 5) is 4.25. The Bertz CT molecular complexity index is 460. The number of hydrogen-bond acceptors (Lipinski definition) is 2. The van der Waals surface area contributed by atoms with Crippen molar-refractivity contribution in [1.29, 1.82) is 0 Å². The van der Waals surface area contributed by atoms with Crippen LogP contribution in [0.3, 0.4) is 0 Å². The van der Waals surface area contributed by atoms with Gasteiger partial charge in [-0.25, -0.2) is 4.39 Å². The van der Waals surface area contributed by atoms with Crippen molar-refractivity contribution in [2.24, 2.45) is 5.73 Å². The molecule has 0 radical (unpaired) electrons. The van der Waals surface area contributed by atoms with E-state index >= 15 is 0 Å². The van der Waals surface area contributed by atoms with Crippen molar-refractivity contribution in [3.63, 3.8) is 0 Å². The van der Waals surface area contributed by atoms with E-state index in [1.807, 2.05) is 12.1 Å². The molecule has 0 unspecified atom stereocenters. The predicted molar refractivity (Wildman–Crippen MR) is 72.0 cm³/mol. The summed E-state index contributed by atoms with van der Waals surface area (Å²) in [6.07, 6.45) is 1.71. The molecule has 0 aliphatic heterocycles. The molecule has 0 saturated carbocycles. The summed E-state index contributed by atoms with van der Waals surface area (Å²) in [6.45, 7) is 0.431. The zero-order valence-corrected chi connectivity index (χ0v) is 10.6. The van der Waals surface area contributed by atoms with Crippen molar-refractivity contribution in [2.75, 3.05) is 0 Å². The van der Waals surface area contributed by atoms with E-state index in [-0.39, 0.29) is 30.6 Å². The lowest BCUT2D eigenvalue weighted by atomic mass is 10.1. The molecule has 0 spiro atoms. The minimum atomic E-state index is -0.246. The number of halogens is 3. The number of nitrogens with two attached hydrogens (primary N) is 1. The number of nitrogens with zero attached hydrogens (tertiary/aromatic N) is 1. The molecule has 0 bridgehead atoms. The summed E-state index contributed by atoms with van der Waals surface area (Å²) in [6, 6.07) is 10.0. The fourth-order valence-electron chi connectivity index (χ4n) is 1.47. The van der Waals surface area contributed by atoms with E-state index in [2.05, 4.69) is 4.98 Å². The summed E-state index contributed by atoms with van der Waals surface area (Å²) in [5, 5.41) is 0. The van der Waals surface area contributed by atoms with Gasteiger partial charge in [-0.3, -0.25) is 4.98 Å². The van der Waals surface area contributed by atoms with Gasteiger partial charge in [-0.15, -0.1) is 24.8 Å². The summed E-state index contributed by atoms with van der Waals surface area (Å²) >= 11 is 0. The SMILES string of the molecule is Cl.Cl.NCc1cccnc1-c1ccc(F)cc1.